The van der Waals surface area contributed by atoms with E-state index in [0.717, 1.165) is 25.9 Å². The van der Waals surface area contributed by atoms with Gasteiger partial charge in [0.15, 0.2) is 0 Å². The lowest BCUT2D eigenvalue weighted by atomic mass is 10.3. The van der Waals surface area contributed by atoms with Gasteiger partial charge in [-0.25, -0.2) is 0 Å². The Hall–Kier alpha value is -2.76. The van der Waals surface area contributed by atoms with Gasteiger partial charge in [0.1, 0.15) is 0 Å². The first-order valence-electron chi connectivity index (χ1n) is 14.7. The number of hydrogen-bond donors (Lipinski definition) is 0. The molecule has 6 rings (SSSR count). The van der Waals surface area contributed by atoms with Crippen LogP contribution in [0.2, 0.25) is 0 Å². The maximum Gasteiger partial charge on any atom is 0.0701 e. The minimum absolute atomic E-state index is 0.589. The van der Waals surface area contributed by atoms with Crippen molar-refractivity contribution in [3.63, 3.8) is 0 Å². The number of hydrogen-bond acceptors (Lipinski definition) is 7. The highest BCUT2D eigenvalue weighted by Crippen LogP contribution is 2.35. The molecule has 0 aliphatic heterocycles. The molecule has 0 aliphatic rings. The molecular weight excluding hydrogens is 613 g/mol. The Morgan fingerprint density at radius 2 is 0.698 bits per heavy atom. The van der Waals surface area contributed by atoms with E-state index in [-0.39, 0.29) is 0 Å². The van der Waals surface area contributed by atoms with Gasteiger partial charge in [0.2, 0.25) is 0 Å². The van der Waals surface area contributed by atoms with E-state index in [1.165, 1.54) is 42.3 Å². The highest BCUT2D eigenvalue weighted by molar-refractivity contribution is 7.14. The zero-order chi connectivity index (χ0) is 29.1. The average molecular weight is 649 g/mol. The van der Waals surface area contributed by atoms with Crippen LogP contribution in [0.3, 0.4) is 0 Å². The summed E-state index contributed by atoms with van der Waals surface area (Å²) in [5.41, 5.74) is 5.11. The third-order valence-corrected chi connectivity index (χ3v) is 10.7. The zero-order valence-corrected chi connectivity index (χ0v) is 27.3. The molecule has 0 radical (unpaired) electrons. The molecular formula is C34H36N2O3S4. The Morgan fingerprint density at radius 1 is 0.395 bits per heavy atom. The van der Waals surface area contributed by atoms with Gasteiger partial charge in [0.05, 0.1) is 68.7 Å². The summed E-state index contributed by atoms with van der Waals surface area (Å²) in [6.07, 6.45) is 1.91. The quantitative estimate of drug-likeness (QED) is 0.0871. The summed E-state index contributed by atoms with van der Waals surface area (Å²) in [7, 11) is 0. The van der Waals surface area contributed by atoms with E-state index in [4.69, 9.17) is 14.2 Å². The van der Waals surface area contributed by atoms with Crippen molar-refractivity contribution in [3.8, 4) is 42.3 Å². The highest BCUT2D eigenvalue weighted by Gasteiger charge is 2.14. The lowest BCUT2D eigenvalue weighted by Crippen LogP contribution is -2.12. The molecule has 6 heterocycles. The summed E-state index contributed by atoms with van der Waals surface area (Å²) in [6, 6.07) is 26.2. The molecule has 0 aromatic carbocycles. The molecule has 5 nitrogen and oxygen atoms in total. The molecule has 0 bridgehead atoms. The number of thiophene rings is 4. The van der Waals surface area contributed by atoms with E-state index in [0.29, 0.717) is 39.6 Å². The fourth-order valence-electron chi connectivity index (χ4n) is 5.17. The molecule has 0 aliphatic carbocycles. The first-order chi connectivity index (χ1) is 21.4. The van der Waals surface area contributed by atoms with Crippen molar-refractivity contribution in [3.05, 3.63) is 94.3 Å². The minimum Gasteiger partial charge on any atom is -0.379 e. The number of ether oxygens (including phenoxy) is 3. The molecule has 0 unspecified atom stereocenters. The van der Waals surface area contributed by atoms with Crippen molar-refractivity contribution < 1.29 is 14.2 Å². The maximum atomic E-state index is 5.89. The van der Waals surface area contributed by atoms with Crippen LogP contribution < -0.4 is 0 Å². The largest absolute Gasteiger partial charge is 0.379 e. The molecule has 9 heteroatoms. The SMILES string of the molecule is c1csc(-c2ccc(-c3cccs3)n2CCCOCCOCCOCCCn2c(-c3cccs3)ccc2-c2cccs2)c1. The van der Waals surface area contributed by atoms with Crippen LogP contribution in [0.25, 0.3) is 42.3 Å². The van der Waals surface area contributed by atoms with Gasteiger partial charge in [-0.05, 0) is 82.9 Å². The van der Waals surface area contributed by atoms with Crippen LogP contribution in [0.5, 0.6) is 0 Å². The van der Waals surface area contributed by atoms with Crippen LogP contribution in [0.1, 0.15) is 12.8 Å². The first-order valence-corrected chi connectivity index (χ1v) is 18.2. The van der Waals surface area contributed by atoms with E-state index < -0.39 is 0 Å². The lowest BCUT2D eigenvalue weighted by molar-refractivity contribution is 0.0129. The average Bonchev–Trinajstić information content (AvgIpc) is 3.87. The van der Waals surface area contributed by atoms with Gasteiger partial charge in [-0.3, -0.25) is 0 Å². The van der Waals surface area contributed by atoms with Crippen molar-refractivity contribution in [2.24, 2.45) is 0 Å². The first kappa shape index (κ1) is 30.3. The number of aromatic nitrogens is 2. The standard InChI is InChI=1S/C34H36N2O3S4/c1-7-31(40-23-1)27-11-12-28(32-8-2-24-41-32)35(27)15-5-17-37-19-21-39-22-20-38-18-6-16-36-29(33-9-3-25-42-33)13-14-30(36)34-10-4-26-43-34/h1-4,7-14,23-26H,5-6,15-22H2. The van der Waals surface area contributed by atoms with Crippen molar-refractivity contribution in [2.75, 3.05) is 39.6 Å². The Bertz CT molecular complexity index is 1370. The molecule has 6 aromatic heterocycles. The third-order valence-electron chi connectivity index (χ3n) is 7.14. The third kappa shape index (κ3) is 7.85. The van der Waals surface area contributed by atoms with E-state index in [1.807, 2.05) is 0 Å². The molecule has 0 saturated heterocycles. The second-order valence-electron chi connectivity index (χ2n) is 9.96. The molecule has 43 heavy (non-hydrogen) atoms. The summed E-state index contributed by atoms with van der Waals surface area (Å²) in [5, 5.41) is 8.55. The Morgan fingerprint density at radius 3 is 0.977 bits per heavy atom. The molecule has 224 valence electrons. The van der Waals surface area contributed by atoms with E-state index in [9.17, 15) is 0 Å². The molecule has 6 aromatic rings. The van der Waals surface area contributed by atoms with Gasteiger partial charge in [-0.15, -0.1) is 45.3 Å². The van der Waals surface area contributed by atoms with Crippen LogP contribution in [0.15, 0.2) is 94.3 Å². The molecule has 0 saturated carbocycles. The van der Waals surface area contributed by atoms with Gasteiger partial charge >= 0.3 is 0 Å². The molecule has 0 fully saturated rings. The van der Waals surface area contributed by atoms with Crippen LogP contribution in [-0.4, -0.2) is 48.8 Å². The van der Waals surface area contributed by atoms with Crippen LogP contribution >= 0.6 is 45.3 Å². The monoisotopic (exact) mass is 648 g/mol. The van der Waals surface area contributed by atoms with Crippen molar-refractivity contribution in [2.45, 2.75) is 25.9 Å². The second-order valence-corrected chi connectivity index (χ2v) is 13.8. The number of nitrogens with zero attached hydrogens (tertiary/aromatic N) is 2. The summed E-state index contributed by atoms with van der Waals surface area (Å²) in [6.45, 7) is 5.66. The Labute approximate surface area is 269 Å². The normalized spacial score (nSPS) is 11.5. The summed E-state index contributed by atoms with van der Waals surface area (Å²) in [5.74, 6) is 0. The molecule has 0 atom stereocenters. The number of rotatable bonds is 18. The van der Waals surface area contributed by atoms with E-state index >= 15 is 0 Å². The fraction of sp³-hybridized carbons (Fsp3) is 0.294. The topological polar surface area (TPSA) is 37.6 Å². The van der Waals surface area contributed by atoms with Crippen LogP contribution in [-0.2, 0) is 27.3 Å². The molecule has 0 N–H and O–H groups in total. The fourth-order valence-corrected chi connectivity index (χ4v) is 8.21. The maximum absolute atomic E-state index is 5.89. The van der Waals surface area contributed by atoms with Gasteiger partial charge in [0.25, 0.3) is 0 Å². The Kier molecular flexibility index (Phi) is 11.1. The van der Waals surface area contributed by atoms with E-state index in [2.05, 4.69) is 103 Å². The second kappa shape index (κ2) is 15.8. The minimum atomic E-state index is 0.589. The van der Waals surface area contributed by atoms with Crippen molar-refractivity contribution in [1.82, 2.24) is 9.13 Å². The van der Waals surface area contributed by atoms with Crippen molar-refractivity contribution in [1.29, 1.82) is 0 Å². The predicted molar refractivity (Wildman–Crippen MR) is 184 cm³/mol. The lowest BCUT2D eigenvalue weighted by Gasteiger charge is -2.13. The molecule has 0 spiro atoms. The van der Waals surface area contributed by atoms with Crippen LogP contribution in [0, 0.1) is 0 Å². The van der Waals surface area contributed by atoms with Gasteiger partial charge in [-0.1, -0.05) is 24.3 Å². The zero-order valence-electron chi connectivity index (χ0n) is 24.1. The Balaban J connectivity index is 0.857. The summed E-state index contributed by atoms with van der Waals surface area (Å²) in [4.78, 5) is 5.20. The highest BCUT2D eigenvalue weighted by atomic mass is 32.1. The predicted octanol–water partition coefficient (Wildman–Crippen LogP) is 9.73. The van der Waals surface area contributed by atoms with Crippen LogP contribution in [0.4, 0.5) is 0 Å². The van der Waals surface area contributed by atoms with Gasteiger partial charge in [0, 0.05) is 26.3 Å². The van der Waals surface area contributed by atoms with E-state index in [1.54, 1.807) is 45.3 Å². The molecule has 0 amide bonds. The summed E-state index contributed by atoms with van der Waals surface area (Å²) < 4.78 is 22.4. The smallest absolute Gasteiger partial charge is 0.0701 e. The van der Waals surface area contributed by atoms with Gasteiger partial charge in [-0.2, -0.15) is 0 Å². The summed E-state index contributed by atoms with van der Waals surface area (Å²) >= 11 is 7.14. The van der Waals surface area contributed by atoms with Gasteiger partial charge < -0.3 is 23.3 Å². The van der Waals surface area contributed by atoms with Crippen molar-refractivity contribution >= 4 is 45.3 Å².